The van der Waals surface area contributed by atoms with Crippen molar-refractivity contribution in [2.24, 2.45) is 5.92 Å². The highest BCUT2D eigenvalue weighted by atomic mass is 35.5. The summed E-state index contributed by atoms with van der Waals surface area (Å²) in [6.07, 6.45) is 4.05. The fourth-order valence-corrected chi connectivity index (χ4v) is 3.85. The number of hydrogen-bond donors (Lipinski definition) is 0. The second-order valence-electron chi connectivity index (χ2n) is 6.30. The average molecular weight is 328 g/mol. The lowest BCUT2D eigenvalue weighted by molar-refractivity contribution is 0.127. The highest BCUT2D eigenvalue weighted by Gasteiger charge is 2.33. The van der Waals surface area contributed by atoms with Gasteiger partial charge in [-0.2, -0.15) is 0 Å². The Balaban J connectivity index is 1.81. The van der Waals surface area contributed by atoms with Crippen molar-refractivity contribution >= 4 is 17.0 Å². The monoisotopic (exact) mass is 327 g/mol. The van der Waals surface area contributed by atoms with Crippen LogP contribution in [-0.2, 0) is 12.8 Å². The van der Waals surface area contributed by atoms with E-state index in [4.69, 9.17) is 11.6 Å². The highest BCUT2D eigenvalue weighted by molar-refractivity contribution is 6.62. The summed E-state index contributed by atoms with van der Waals surface area (Å²) in [6.45, 7) is 0.769. The molecule has 0 aliphatic carbocycles. The summed E-state index contributed by atoms with van der Waals surface area (Å²) in [4.78, 5) is 13.8. The lowest BCUT2D eigenvalue weighted by Crippen LogP contribution is -2.48. The van der Waals surface area contributed by atoms with E-state index < -0.39 is 0 Å². The van der Waals surface area contributed by atoms with Crippen LogP contribution in [0, 0.1) is 5.92 Å². The van der Waals surface area contributed by atoms with Crippen LogP contribution in [0.4, 0.5) is 4.79 Å². The minimum atomic E-state index is -0.316. The van der Waals surface area contributed by atoms with E-state index in [-0.39, 0.29) is 11.4 Å². The zero-order valence-corrected chi connectivity index (χ0v) is 14.0. The van der Waals surface area contributed by atoms with E-state index in [0.29, 0.717) is 5.92 Å². The molecule has 2 unspecified atom stereocenters. The molecule has 0 radical (unpaired) electrons. The molecule has 0 aromatic heterocycles. The maximum absolute atomic E-state index is 11.9. The molecule has 2 aromatic carbocycles. The molecule has 3 rings (SSSR count). The summed E-state index contributed by atoms with van der Waals surface area (Å²) in [5, 5.41) is -0.316. The fourth-order valence-electron chi connectivity index (χ4n) is 3.64. The van der Waals surface area contributed by atoms with Crippen LogP contribution >= 0.6 is 11.6 Å². The van der Waals surface area contributed by atoms with Gasteiger partial charge < -0.3 is 4.90 Å². The molecule has 1 heterocycles. The van der Waals surface area contributed by atoms with E-state index in [1.807, 2.05) is 17.0 Å². The first-order valence-corrected chi connectivity index (χ1v) is 8.66. The Morgan fingerprint density at radius 3 is 2.09 bits per heavy atom. The van der Waals surface area contributed by atoms with Gasteiger partial charge >= 0.3 is 5.37 Å². The number of rotatable bonds is 4. The molecule has 120 valence electrons. The zero-order chi connectivity index (χ0) is 16.1. The lowest BCUT2D eigenvalue weighted by atomic mass is 9.81. The van der Waals surface area contributed by atoms with Gasteiger partial charge in [-0.25, -0.2) is 0 Å². The van der Waals surface area contributed by atoms with Gasteiger partial charge in [0.15, 0.2) is 0 Å². The third-order valence-electron chi connectivity index (χ3n) is 4.77. The number of likely N-dealkylation sites (tertiary alicyclic amines) is 1. The van der Waals surface area contributed by atoms with Crippen molar-refractivity contribution in [3.8, 4) is 0 Å². The van der Waals surface area contributed by atoms with Gasteiger partial charge in [0.05, 0.1) is 0 Å². The molecule has 2 aromatic rings. The van der Waals surface area contributed by atoms with Gasteiger partial charge in [0.1, 0.15) is 0 Å². The van der Waals surface area contributed by atoms with Crippen LogP contribution in [0.15, 0.2) is 60.7 Å². The predicted molar refractivity (Wildman–Crippen MR) is 94.8 cm³/mol. The van der Waals surface area contributed by atoms with Gasteiger partial charge in [0, 0.05) is 12.6 Å². The third kappa shape index (κ3) is 4.14. The molecule has 2 nitrogen and oxygen atoms in total. The Kier molecular flexibility index (Phi) is 5.35. The number of amides is 1. The van der Waals surface area contributed by atoms with Crippen molar-refractivity contribution in [2.75, 3.05) is 6.54 Å². The minimum Gasteiger partial charge on any atom is -0.326 e. The van der Waals surface area contributed by atoms with Crippen LogP contribution in [0.5, 0.6) is 0 Å². The van der Waals surface area contributed by atoms with Crippen LogP contribution in [0.1, 0.15) is 24.0 Å². The van der Waals surface area contributed by atoms with Crippen molar-refractivity contribution in [3.63, 3.8) is 0 Å². The molecule has 1 aliphatic rings. The molecule has 0 bridgehead atoms. The molecule has 1 aliphatic heterocycles. The first-order chi connectivity index (χ1) is 11.2. The fraction of sp³-hybridized carbons (Fsp3) is 0.350. The molecule has 0 saturated carbocycles. The summed E-state index contributed by atoms with van der Waals surface area (Å²) >= 11 is 5.87. The van der Waals surface area contributed by atoms with E-state index in [2.05, 4.69) is 48.5 Å². The number of piperidine rings is 1. The molecular formula is C20H22ClNO. The largest absolute Gasteiger partial charge is 0.326 e. The smallest absolute Gasteiger partial charge is 0.316 e. The van der Waals surface area contributed by atoms with Gasteiger partial charge in [-0.05, 0) is 54.3 Å². The molecule has 3 heteroatoms. The predicted octanol–water partition coefficient (Wildman–Crippen LogP) is 4.91. The number of nitrogens with zero attached hydrogens (tertiary/aromatic N) is 1. The Labute approximate surface area is 143 Å². The minimum absolute atomic E-state index is 0.177. The number of hydrogen-bond acceptors (Lipinski definition) is 1. The summed E-state index contributed by atoms with van der Waals surface area (Å²) in [5.74, 6) is 0.453. The van der Waals surface area contributed by atoms with Crippen LogP contribution in [0.2, 0.25) is 0 Å². The Morgan fingerprint density at radius 1 is 0.957 bits per heavy atom. The molecule has 1 saturated heterocycles. The van der Waals surface area contributed by atoms with Gasteiger partial charge in [-0.3, -0.25) is 4.79 Å². The second-order valence-corrected chi connectivity index (χ2v) is 6.62. The number of carbonyl (C=O) groups excluding carboxylic acids is 1. The summed E-state index contributed by atoms with van der Waals surface area (Å²) < 4.78 is 0. The first-order valence-electron chi connectivity index (χ1n) is 8.28. The second kappa shape index (κ2) is 7.65. The van der Waals surface area contributed by atoms with E-state index in [0.717, 1.165) is 32.2 Å². The van der Waals surface area contributed by atoms with Crippen molar-refractivity contribution in [1.29, 1.82) is 0 Å². The maximum atomic E-state index is 11.9. The molecule has 1 fully saturated rings. The van der Waals surface area contributed by atoms with E-state index in [1.54, 1.807) is 0 Å². The zero-order valence-electron chi connectivity index (χ0n) is 13.2. The van der Waals surface area contributed by atoms with E-state index >= 15 is 0 Å². The molecule has 0 spiro atoms. The van der Waals surface area contributed by atoms with Gasteiger partial charge in [-0.15, -0.1) is 0 Å². The molecule has 2 atom stereocenters. The molecular weight excluding hydrogens is 306 g/mol. The van der Waals surface area contributed by atoms with Crippen molar-refractivity contribution < 1.29 is 4.79 Å². The Hall–Kier alpha value is -1.80. The summed E-state index contributed by atoms with van der Waals surface area (Å²) in [6, 6.07) is 21.1. The van der Waals surface area contributed by atoms with Gasteiger partial charge in [0.25, 0.3) is 0 Å². The van der Waals surface area contributed by atoms with Crippen molar-refractivity contribution in [2.45, 2.75) is 31.7 Å². The molecule has 1 amide bonds. The number of halogens is 1. The molecule has 0 N–H and O–H groups in total. The lowest BCUT2D eigenvalue weighted by Gasteiger charge is -2.40. The highest BCUT2D eigenvalue weighted by Crippen LogP contribution is 2.30. The van der Waals surface area contributed by atoms with E-state index in [1.165, 1.54) is 11.1 Å². The van der Waals surface area contributed by atoms with Gasteiger partial charge in [0.2, 0.25) is 0 Å². The quantitative estimate of drug-likeness (QED) is 0.577. The van der Waals surface area contributed by atoms with Gasteiger partial charge in [-0.1, -0.05) is 60.7 Å². The normalized spacial score (nSPS) is 21.2. The van der Waals surface area contributed by atoms with Crippen molar-refractivity contribution in [3.05, 3.63) is 71.8 Å². The van der Waals surface area contributed by atoms with Crippen molar-refractivity contribution in [1.82, 2.24) is 4.90 Å². The average Bonchev–Trinajstić information content (AvgIpc) is 2.58. The SMILES string of the molecule is O=C(Cl)N1CCCC(Cc2ccccc2)C1Cc1ccccc1. The number of benzene rings is 2. The Bertz CT molecular complexity index is 629. The number of carbonyl (C=O) groups is 1. The van der Waals surface area contributed by atoms with E-state index in [9.17, 15) is 4.79 Å². The van der Waals surface area contributed by atoms with Crippen LogP contribution in [-0.4, -0.2) is 22.9 Å². The third-order valence-corrected chi connectivity index (χ3v) is 4.99. The van der Waals surface area contributed by atoms with Crippen LogP contribution < -0.4 is 0 Å². The summed E-state index contributed by atoms with van der Waals surface area (Å²) in [7, 11) is 0. The first kappa shape index (κ1) is 16.1. The standard InChI is InChI=1S/C20H22ClNO/c21-20(23)22-13-7-12-18(14-16-8-3-1-4-9-16)19(22)15-17-10-5-2-6-11-17/h1-6,8-11,18-19H,7,12-15H2. The summed E-state index contributed by atoms with van der Waals surface area (Å²) in [5.41, 5.74) is 2.60. The maximum Gasteiger partial charge on any atom is 0.316 e. The van der Waals surface area contributed by atoms with Crippen LogP contribution in [0.25, 0.3) is 0 Å². The topological polar surface area (TPSA) is 20.3 Å². The Morgan fingerprint density at radius 2 is 1.52 bits per heavy atom. The van der Waals surface area contributed by atoms with Crippen LogP contribution in [0.3, 0.4) is 0 Å². The molecule has 23 heavy (non-hydrogen) atoms.